The largest absolute Gasteiger partial charge is 0.411 e. The fraction of sp³-hybridized carbons (Fsp3) is 0.213. The lowest BCUT2D eigenvalue weighted by molar-refractivity contribution is -0.137. The molecule has 61 heavy (non-hydrogen) atoms. The quantitative estimate of drug-likeness (QED) is 0.0223. The Kier molecular flexibility index (Phi) is 18.6. The smallest absolute Gasteiger partial charge is 0.346 e. The van der Waals surface area contributed by atoms with Crippen LogP contribution < -0.4 is 11.5 Å². The number of cyclic esters (lactones) is 2. The van der Waals surface area contributed by atoms with Crippen LogP contribution in [-0.4, -0.2) is 46.5 Å². The number of hydrogen-bond donors (Lipinski definition) is 3. The number of halogens is 3. The molecule has 0 bridgehead atoms. The Morgan fingerprint density at radius 2 is 1.23 bits per heavy atom. The molecular formula is C47H46Cl3N3O8. The molecular weight excluding hydrogens is 841 g/mol. The minimum atomic E-state index is -0.609. The molecule has 5 N–H and O–H groups in total. The molecule has 1 aliphatic heterocycles. The van der Waals surface area contributed by atoms with Crippen molar-refractivity contribution in [2.75, 3.05) is 11.5 Å². The van der Waals surface area contributed by atoms with Crippen molar-refractivity contribution >= 4 is 87.5 Å². The summed E-state index contributed by atoms with van der Waals surface area (Å²) in [5.74, 6) is -2.02. The van der Waals surface area contributed by atoms with Gasteiger partial charge in [0.25, 0.3) is 0 Å². The zero-order chi connectivity index (χ0) is 45.6. The van der Waals surface area contributed by atoms with Crippen molar-refractivity contribution in [3.63, 3.8) is 0 Å². The second-order valence-corrected chi connectivity index (χ2v) is 15.3. The second kappa shape index (κ2) is 23.0. The highest BCUT2D eigenvalue weighted by atomic mass is 35.5. The van der Waals surface area contributed by atoms with Crippen molar-refractivity contribution in [2.24, 2.45) is 5.16 Å². The second-order valence-electron chi connectivity index (χ2n) is 14.0. The predicted octanol–water partition coefficient (Wildman–Crippen LogP) is 9.81. The Balaban J connectivity index is 0.000000205. The van der Waals surface area contributed by atoms with E-state index in [9.17, 15) is 28.8 Å². The van der Waals surface area contributed by atoms with Gasteiger partial charge < -0.3 is 21.4 Å². The maximum absolute atomic E-state index is 11.4. The van der Waals surface area contributed by atoms with Crippen LogP contribution in [0.2, 0.25) is 15.1 Å². The van der Waals surface area contributed by atoms with Gasteiger partial charge in [-0.1, -0.05) is 89.3 Å². The number of aryl methyl sites for hydroxylation is 5. The summed E-state index contributed by atoms with van der Waals surface area (Å²) < 4.78 is 4.49. The first kappa shape index (κ1) is 49.2. The average molecular weight is 887 g/mol. The number of carbonyl (C=O) groups is 6. The summed E-state index contributed by atoms with van der Waals surface area (Å²) in [5, 5.41) is 12.4. The molecule has 0 unspecified atom stereocenters. The fourth-order valence-electron chi connectivity index (χ4n) is 6.00. The molecule has 14 heteroatoms. The van der Waals surface area contributed by atoms with Gasteiger partial charge in [0.05, 0.1) is 12.0 Å². The van der Waals surface area contributed by atoms with Crippen LogP contribution in [0.1, 0.15) is 88.9 Å². The number of para-hydroxylation sites is 1. The maximum Gasteiger partial charge on any atom is 0.346 e. The van der Waals surface area contributed by atoms with Gasteiger partial charge in [-0.3, -0.25) is 24.0 Å². The van der Waals surface area contributed by atoms with E-state index in [0.717, 1.165) is 56.4 Å². The van der Waals surface area contributed by atoms with Crippen molar-refractivity contribution in [1.82, 2.24) is 0 Å². The maximum atomic E-state index is 11.4. The molecule has 0 radical (unpaired) electrons. The molecule has 0 fully saturated rings. The molecule has 11 nitrogen and oxygen atoms in total. The molecule has 7 rings (SSSR count). The molecule has 1 heterocycles. The summed E-state index contributed by atoms with van der Waals surface area (Å²) in [4.78, 5) is 67.1. The van der Waals surface area contributed by atoms with E-state index in [1.165, 1.54) is 6.07 Å². The highest BCUT2D eigenvalue weighted by Gasteiger charge is 2.29. The molecule has 0 saturated carbocycles. The third-order valence-electron chi connectivity index (χ3n) is 9.45. The van der Waals surface area contributed by atoms with Crippen LogP contribution >= 0.6 is 34.8 Å². The van der Waals surface area contributed by atoms with Crippen molar-refractivity contribution < 1.29 is 38.7 Å². The van der Waals surface area contributed by atoms with Crippen LogP contribution in [0.15, 0.2) is 90.1 Å². The summed E-state index contributed by atoms with van der Waals surface area (Å²) in [7, 11) is 0. The Morgan fingerprint density at radius 3 is 1.77 bits per heavy atom. The van der Waals surface area contributed by atoms with Gasteiger partial charge in [0.1, 0.15) is 6.21 Å². The molecule has 0 saturated heterocycles. The number of nitrogens with zero attached hydrogens (tertiary/aromatic N) is 1. The van der Waals surface area contributed by atoms with E-state index in [0.29, 0.717) is 43.9 Å². The third kappa shape index (κ3) is 14.2. The molecule has 0 spiro atoms. The highest BCUT2D eigenvalue weighted by molar-refractivity contribution is 6.48. The number of nitrogens with two attached hydrogens (primary N) is 2. The van der Waals surface area contributed by atoms with E-state index in [4.69, 9.17) is 51.5 Å². The highest BCUT2D eigenvalue weighted by Crippen LogP contribution is 2.28. The summed E-state index contributed by atoms with van der Waals surface area (Å²) in [6, 6.07) is 25.4. The van der Waals surface area contributed by atoms with Crippen molar-refractivity contribution in [3.05, 3.63) is 161 Å². The minimum Gasteiger partial charge on any atom is -0.411 e. The van der Waals surface area contributed by atoms with E-state index in [-0.39, 0.29) is 36.6 Å². The lowest BCUT2D eigenvalue weighted by atomic mass is 9.97. The number of ether oxygens (including phenoxy) is 1. The van der Waals surface area contributed by atoms with Crippen LogP contribution in [0, 0.1) is 34.6 Å². The number of rotatable bonds is 5. The monoisotopic (exact) mass is 885 g/mol. The van der Waals surface area contributed by atoms with E-state index in [1.807, 2.05) is 83.1 Å². The van der Waals surface area contributed by atoms with Gasteiger partial charge in [-0.05, 0) is 122 Å². The van der Waals surface area contributed by atoms with Crippen LogP contribution in [0.3, 0.4) is 0 Å². The lowest BCUT2D eigenvalue weighted by Crippen LogP contribution is -2.23. The number of fused-ring (bicyclic) bond motifs is 2. The zero-order valence-electron chi connectivity index (χ0n) is 34.5. The van der Waals surface area contributed by atoms with Crippen molar-refractivity contribution in [3.8, 4) is 0 Å². The summed E-state index contributed by atoms with van der Waals surface area (Å²) in [5.41, 5.74) is 21.4. The number of esters is 2. The Hall–Kier alpha value is -6.14. The van der Waals surface area contributed by atoms with Gasteiger partial charge in [-0.2, -0.15) is 0 Å². The van der Waals surface area contributed by atoms with E-state index >= 15 is 0 Å². The molecule has 0 aromatic heterocycles. The van der Waals surface area contributed by atoms with Gasteiger partial charge in [-0.25, -0.2) is 4.79 Å². The molecule has 0 atom stereocenters. The molecule has 318 valence electrons. The Labute approximate surface area is 369 Å². The number of benzene rings is 5. The lowest BCUT2D eigenvalue weighted by Gasteiger charge is -2.16. The average Bonchev–Trinajstić information content (AvgIpc) is 3.49. The number of Topliss-reactive ketones (excluding diaryl/α,β-unsaturated/α-hetero) is 4. The SMILES string of the molecule is CCC(=O)c1cc(Cl)cc(C)c1N.Cc1cc(Cl)cc2c1CC(=O)C2=O.Cc1cc(Cl)cc2c1CC(=O)OC2=O.Cc1ccccc1CC(=O)/C=N/O.Cc1ccccc1N. The zero-order valence-corrected chi connectivity index (χ0v) is 36.8. The molecule has 0 amide bonds. The van der Waals surface area contributed by atoms with E-state index in [2.05, 4.69) is 9.89 Å². The van der Waals surface area contributed by atoms with Crippen molar-refractivity contribution in [2.45, 2.75) is 67.2 Å². The number of ketones is 4. The van der Waals surface area contributed by atoms with Gasteiger partial charge in [0.15, 0.2) is 11.6 Å². The first-order chi connectivity index (χ1) is 28.8. The van der Waals surface area contributed by atoms with Gasteiger partial charge in [0, 0.05) is 56.8 Å². The first-order valence-electron chi connectivity index (χ1n) is 18.8. The molecule has 2 aliphatic rings. The van der Waals surface area contributed by atoms with Crippen LogP contribution in [0.5, 0.6) is 0 Å². The van der Waals surface area contributed by atoms with Gasteiger partial charge >= 0.3 is 11.9 Å². The Bertz CT molecular complexity index is 2500. The third-order valence-corrected chi connectivity index (χ3v) is 10.1. The summed E-state index contributed by atoms with van der Waals surface area (Å²) in [6.07, 6.45) is 2.04. The van der Waals surface area contributed by atoms with Gasteiger partial charge in [-0.15, -0.1) is 0 Å². The number of nitrogen functional groups attached to an aromatic ring is 2. The van der Waals surface area contributed by atoms with Crippen LogP contribution in [0.4, 0.5) is 11.4 Å². The van der Waals surface area contributed by atoms with Crippen molar-refractivity contribution in [1.29, 1.82) is 0 Å². The number of oxime groups is 1. The van der Waals surface area contributed by atoms with Crippen LogP contribution in [-0.2, 0) is 38.4 Å². The number of carbonyl (C=O) groups excluding carboxylic acids is 6. The topological polar surface area (TPSA) is 196 Å². The minimum absolute atomic E-state index is 0.0306. The normalized spacial score (nSPS) is 12.2. The molecule has 5 aromatic carbocycles. The summed E-state index contributed by atoms with van der Waals surface area (Å²) in [6.45, 7) is 11.3. The van der Waals surface area contributed by atoms with E-state index in [1.54, 1.807) is 37.3 Å². The van der Waals surface area contributed by atoms with Gasteiger partial charge in [0.2, 0.25) is 11.6 Å². The van der Waals surface area contributed by atoms with Crippen LogP contribution in [0.25, 0.3) is 0 Å². The molecule has 1 aliphatic carbocycles. The fourth-order valence-corrected chi connectivity index (χ4v) is 6.82. The standard InChI is InChI=1S/C10H12ClNO.C10H7ClO3.C10H7ClO2.C10H11NO2.C7H9N/c1-3-9(13)8-5-7(11)4-6(2)10(8)12;1-5-2-6(11)3-8-7(5)4-9(12)14-10(8)13;1-5-2-6(11)3-8-7(5)4-9(12)10(8)13;1-8-4-2-3-5-9(8)6-10(12)7-11-13;1-6-4-2-3-5-7(6)8/h4-5H,3,12H2,1-2H3;2-3H,4H2,1H3;2-3H,4H2,1H3;2-5,7,13H,6H2,1H3;2-5H,8H2,1H3/b;;;11-7+;. The number of hydrogen-bond acceptors (Lipinski definition) is 11. The first-order valence-corrected chi connectivity index (χ1v) is 20.0. The van der Waals surface area contributed by atoms with E-state index < -0.39 is 17.7 Å². The Morgan fingerprint density at radius 1 is 0.705 bits per heavy atom. The summed E-state index contributed by atoms with van der Waals surface area (Å²) >= 11 is 17.4. The predicted molar refractivity (Wildman–Crippen MR) is 241 cm³/mol. The molecule has 5 aromatic rings. The number of anilines is 2.